The lowest BCUT2D eigenvalue weighted by Crippen LogP contribution is -2.55. The average molecular weight is 626 g/mol. The topological polar surface area (TPSA) is 163 Å². The molecule has 1 aliphatic heterocycles. The number of amides is 2. The second-order valence-electron chi connectivity index (χ2n) is 11.5. The first kappa shape index (κ1) is 30.5. The molecular formula is C34H35N5O5S. The number of methoxy groups -OCH3 is 1. The highest BCUT2D eigenvalue weighted by Crippen LogP contribution is 2.50. The SMILES string of the molecule is C=CC(=O)N1C[C@H](NC(=O)c2sc3c(N)ccc4c3c2C(N)C(=O)C4(N)c2ccc(Oc3ccccc3)cc2C)C[C@H](OC)C1. The molecule has 0 saturated carbocycles. The van der Waals surface area contributed by atoms with Gasteiger partial charge in [0.1, 0.15) is 17.0 Å². The second-order valence-corrected chi connectivity index (χ2v) is 12.5. The van der Waals surface area contributed by atoms with E-state index in [-0.39, 0.29) is 16.9 Å². The summed E-state index contributed by atoms with van der Waals surface area (Å²) in [5.74, 6) is 0.196. The number of benzene rings is 3. The second kappa shape index (κ2) is 11.8. The molecule has 10 nitrogen and oxygen atoms in total. The van der Waals surface area contributed by atoms with Crippen LogP contribution in [-0.4, -0.2) is 54.8 Å². The normalized spacial score (nSPS) is 22.7. The molecular weight excluding hydrogens is 590 g/mol. The van der Waals surface area contributed by atoms with Gasteiger partial charge < -0.3 is 36.9 Å². The molecule has 2 heterocycles. The lowest BCUT2D eigenvalue weighted by atomic mass is 9.69. The fourth-order valence-corrected chi connectivity index (χ4v) is 7.69. The first-order valence-electron chi connectivity index (χ1n) is 14.6. The van der Waals surface area contributed by atoms with Gasteiger partial charge in [0.15, 0.2) is 5.78 Å². The van der Waals surface area contributed by atoms with Crippen LogP contribution in [0, 0.1) is 6.92 Å². The van der Waals surface area contributed by atoms with Crippen LogP contribution in [-0.2, 0) is 19.9 Å². The van der Waals surface area contributed by atoms with Crippen molar-refractivity contribution in [2.45, 2.75) is 37.1 Å². The van der Waals surface area contributed by atoms with E-state index < -0.39 is 29.3 Å². The van der Waals surface area contributed by atoms with E-state index in [2.05, 4.69) is 11.9 Å². The van der Waals surface area contributed by atoms with Crippen molar-refractivity contribution >= 4 is 44.7 Å². The van der Waals surface area contributed by atoms with Crippen molar-refractivity contribution in [3.63, 3.8) is 0 Å². The maximum absolute atomic E-state index is 14.2. The van der Waals surface area contributed by atoms with Gasteiger partial charge in [0.05, 0.1) is 21.7 Å². The van der Waals surface area contributed by atoms with E-state index >= 15 is 0 Å². The number of nitrogen functional groups attached to an aromatic ring is 1. The lowest BCUT2D eigenvalue weighted by molar-refractivity contribution is -0.130. The zero-order chi connectivity index (χ0) is 32.0. The number of nitrogens with zero attached hydrogens (tertiary/aromatic N) is 1. The van der Waals surface area contributed by atoms with Crippen molar-refractivity contribution in [1.29, 1.82) is 0 Å². The van der Waals surface area contributed by atoms with Crippen molar-refractivity contribution in [1.82, 2.24) is 10.2 Å². The summed E-state index contributed by atoms with van der Waals surface area (Å²) in [5.41, 5.74) is 21.3. The summed E-state index contributed by atoms with van der Waals surface area (Å²) in [6.45, 7) is 6.14. The Bertz CT molecular complexity index is 1840. The molecule has 0 bridgehead atoms. The van der Waals surface area contributed by atoms with Gasteiger partial charge in [-0.1, -0.05) is 36.9 Å². The summed E-state index contributed by atoms with van der Waals surface area (Å²) < 4.78 is 12.2. The highest BCUT2D eigenvalue weighted by atomic mass is 32.1. The van der Waals surface area contributed by atoms with Crippen molar-refractivity contribution in [2.75, 3.05) is 25.9 Å². The number of aryl methyl sites for hydroxylation is 1. The Morgan fingerprint density at radius 2 is 1.82 bits per heavy atom. The molecule has 232 valence electrons. The highest BCUT2D eigenvalue weighted by Gasteiger charge is 2.49. The molecule has 2 unspecified atom stereocenters. The summed E-state index contributed by atoms with van der Waals surface area (Å²) in [6.07, 6.45) is 1.49. The van der Waals surface area contributed by atoms with E-state index in [1.54, 1.807) is 36.3 Å². The molecule has 0 spiro atoms. The molecule has 1 aliphatic carbocycles. The summed E-state index contributed by atoms with van der Waals surface area (Å²) >= 11 is 1.18. The summed E-state index contributed by atoms with van der Waals surface area (Å²) in [6, 6.07) is 16.7. The molecule has 6 rings (SSSR count). The van der Waals surface area contributed by atoms with Crippen LogP contribution in [0.1, 0.15) is 44.4 Å². The number of carbonyl (C=O) groups is 3. The van der Waals surface area contributed by atoms with E-state index in [0.29, 0.717) is 63.5 Å². The van der Waals surface area contributed by atoms with Gasteiger partial charge in [-0.05, 0) is 66.4 Å². The highest BCUT2D eigenvalue weighted by molar-refractivity contribution is 7.21. The molecule has 2 aliphatic rings. The fourth-order valence-electron chi connectivity index (χ4n) is 6.48. The van der Waals surface area contributed by atoms with Crippen LogP contribution in [0.2, 0.25) is 0 Å². The average Bonchev–Trinajstić information content (AvgIpc) is 3.45. The predicted molar refractivity (Wildman–Crippen MR) is 174 cm³/mol. The number of Topliss-reactive ketones (excluding diaryl/α,β-unsaturated/α-hetero) is 1. The molecule has 2 amide bonds. The number of rotatable bonds is 7. The van der Waals surface area contributed by atoms with Crippen molar-refractivity contribution in [2.24, 2.45) is 11.5 Å². The zero-order valence-electron chi connectivity index (χ0n) is 25.0. The Morgan fingerprint density at radius 1 is 1.09 bits per heavy atom. The summed E-state index contributed by atoms with van der Waals surface area (Å²) in [7, 11) is 1.57. The zero-order valence-corrected chi connectivity index (χ0v) is 25.9. The van der Waals surface area contributed by atoms with E-state index in [9.17, 15) is 14.4 Å². The Morgan fingerprint density at radius 3 is 2.51 bits per heavy atom. The molecule has 4 atom stereocenters. The van der Waals surface area contributed by atoms with Crippen LogP contribution in [0.25, 0.3) is 10.1 Å². The molecule has 1 fully saturated rings. The van der Waals surface area contributed by atoms with Crippen molar-refractivity contribution < 1.29 is 23.9 Å². The van der Waals surface area contributed by atoms with Gasteiger partial charge in [-0.25, -0.2) is 0 Å². The van der Waals surface area contributed by atoms with Gasteiger partial charge >= 0.3 is 0 Å². The van der Waals surface area contributed by atoms with Crippen LogP contribution < -0.4 is 27.3 Å². The first-order valence-corrected chi connectivity index (χ1v) is 15.4. The van der Waals surface area contributed by atoms with Gasteiger partial charge in [-0.15, -0.1) is 11.3 Å². The molecule has 4 aromatic rings. The number of likely N-dealkylation sites (tertiary alicyclic amines) is 1. The number of piperidine rings is 1. The van der Waals surface area contributed by atoms with Gasteiger partial charge in [0.2, 0.25) is 5.91 Å². The Balaban J connectivity index is 1.39. The minimum Gasteiger partial charge on any atom is -0.457 e. The number of carbonyl (C=O) groups excluding carboxylic acids is 3. The minimum absolute atomic E-state index is 0.243. The summed E-state index contributed by atoms with van der Waals surface area (Å²) in [5, 5.41) is 3.66. The van der Waals surface area contributed by atoms with E-state index in [1.807, 2.05) is 43.3 Å². The predicted octanol–water partition coefficient (Wildman–Crippen LogP) is 3.90. The van der Waals surface area contributed by atoms with Gasteiger partial charge in [-0.3, -0.25) is 14.4 Å². The molecule has 7 N–H and O–H groups in total. The number of nitrogens with two attached hydrogens (primary N) is 3. The summed E-state index contributed by atoms with van der Waals surface area (Å²) in [4.78, 5) is 42.4. The third-order valence-electron chi connectivity index (χ3n) is 8.69. The maximum atomic E-state index is 14.2. The standard InChI is InChI=1S/C34H35N5O5S/c1-4-26(40)39-16-19(15-22(17-39)43-3)38-33(42)31-28-27-24(12-13-25(35)30(27)45-31)34(37,32(41)29(28)36)23-11-10-21(14-18(23)2)44-20-8-6-5-7-9-20/h4-14,19,22,29H,1,15-17,35-37H2,2-3H3,(H,38,42)/t19-,22+,29?,34?/m1/s1. The molecule has 3 aromatic carbocycles. The molecule has 0 radical (unpaired) electrons. The largest absolute Gasteiger partial charge is 0.457 e. The molecule has 1 saturated heterocycles. The van der Waals surface area contributed by atoms with Crippen LogP contribution in [0.3, 0.4) is 0 Å². The van der Waals surface area contributed by atoms with Crippen LogP contribution in [0.4, 0.5) is 5.69 Å². The first-order chi connectivity index (χ1) is 21.6. The number of nitrogens with one attached hydrogen (secondary N) is 1. The minimum atomic E-state index is -1.59. The molecule has 45 heavy (non-hydrogen) atoms. The molecule has 11 heteroatoms. The number of hydrogen-bond donors (Lipinski definition) is 4. The van der Waals surface area contributed by atoms with Crippen LogP contribution in [0.15, 0.2) is 73.3 Å². The quantitative estimate of drug-likeness (QED) is 0.178. The number of thiophene rings is 1. The number of para-hydroxylation sites is 1. The van der Waals surface area contributed by atoms with Crippen molar-refractivity contribution in [3.8, 4) is 11.5 Å². The third-order valence-corrected chi connectivity index (χ3v) is 9.94. The van der Waals surface area contributed by atoms with Gasteiger partial charge in [0, 0.05) is 42.9 Å². The van der Waals surface area contributed by atoms with Gasteiger partial charge in [-0.2, -0.15) is 0 Å². The van der Waals surface area contributed by atoms with Crippen LogP contribution >= 0.6 is 11.3 Å². The Kier molecular flexibility index (Phi) is 7.96. The van der Waals surface area contributed by atoms with Crippen LogP contribution in [0.5, 0.6) is 11.5 Å². The fraction of sp³-hybridized carbons (Fsp3) is 0.265. The smallest absolute Gasteiger partial charge is 0.262 e. The Hall–Kier alpha value is -4.55. The number of hydrogen-bond acceptors (Lipinski definition) is 9. The van der Waals surface area contributed by atoms with Gasteiger partial charge in [0.25, 0.3) is 5.91 Å². The number of ether oxygens (including phenoxy) is 2. The van der Waals surface area contributed by atoms with Crippen molar-refractivity contribution in [3.05, 3.63) is 100 Å². The Labute approximate surface area is 264 Å². The number of ketones is 1. The van der Waals surface area contributed by atoms with E-state index in [1.165, 1.54) is 17.4 Å². The maximum Gasteiger partial charge on any atom is 0.262 e. The monoisotopic (exact) mass is 625 g/mol. The third kappa shape index (κ3) is 5.17. The lowest BCUT2D eigenvalue weighted by Gasteiger charge is -2.38. The molecule has 1 aromatic heterocycles. The van der Waals surface area contributed by atoms with E-state index in [4.69, 9.17) is 26.7 Å². The number of anilines is 1. The van der Waals surface area contributed by atoms with E-state index in [0.717, 1.165) is 5.56 Å².